The van der Waals surface area contributed by atoms with Crippen LogP contribution >= 0.6 is 0 Å². The van der Waals surface area contributed by atoms with Crippen LogP contribution in [0.2, 0.25) is 0 Å². The molecule has 1 atom stereocenters. The highest BCUT2D eigenvalue weighted by atomic mass is 16.2. The second-order valence-corrected chi connectivity index (χ2v) is 7.15. The normalized spacial score (nSPS) is 12.3. The van der Waals surface area contributed by atoms with E-state index in [0.717, 1.165) is 11.3 Å². The summed E-state index contributed by atoms with van der Waals surface area (Å²) in [5, 5.41) is 11.6. The van der Waals surface area contributed by atoms with E-state index in [4.69, 9.17) is 5.26 Å². The molecule has 0 saturated carbocycles. The van der Waals surface area contributed by atoms with Crippen molar-refractivity contribution in [2.75, 3.05) is 5.32 Å². The van der Waals surface area contributed by atoms with Gasteiger partial charge in [-0.3, -0.25) is 9.59 Å². The first kappa shape index (κ1) is 18.5. The molecule has 0 aliphatic heterocycles. The van der Waals surface area contributed by atoms with Gasteiger partial charge in [0, 0.05) is 12.7 Å². The molecule has 1 unspecified atom stereocenters. The fourth-order valence-electron chi connectivity index (χ4n) is 2.60. The highest BCUT2D eigenvalue weighted by Crippen LogP contribution is 2.28. The highest BCUT2D eigenvalue weighted by Gasteiger charge is 2.23. The highest BCUT2D eigenvalue weighted by molar-refractivity contribution is 6.08. The Kier molecular flexibility index (Phi) is 5.13. The average molecular weight is 337 g/mol. The molecule has 1 amide bonds. The van der Waals surface area contributed by atoms with Gasteiger partial charge < -0.3 is 9.88 Å². The molecule has 0 spiro atoms. The summed E-state index contributed by atoms with van der Waals surface area (Å²) in [5.74, 6) is -1.82. The minimum absolute atomic E-state index is 0.0882. The fourth-order valence-corrected chi connectivity index (χ4v) is 2.60. The van der Waals surface area contributed by atoms with Crippen LogP contribution in [0.4, 0.5) is 5.82 Å². The summed E-state index contributed by atoms with van der Waals surface area (Å²) in [6.07, 6.45) is 0. The first-order valence-corrected chi connectivity index (χ1v) is 8.12. The smallest absolute Gasteiger partial charge is 0.250 e. The van der Waals surface area contributed by atoms with Gasteiger partial charge in [-0.25, -0.2) is 0 Å². The van der Waals surface area contributed by atoms with Crippen molar-refractivity contribution in [3.05, 3.63) is 42.0 Å². The average Bonchev–Trinajstić information content (AvgIpc) is 2.88. The number of benzene rings is 1. The van der Waals surface area contributed by atoms with Gasteiger partial charge in [-0.2, -0.15) is 5.26 Å². The number of carbonyl (C=O) groups excluding carboxylic acids is 2. The molecular weight excluding hydrogens is 314 g/mol. The third-order valence-corrected chi connectivity index (χ3v) is 4.22. The SMILES string of the molecule is CC(=O)C(C#N)C(=O)Nc1ccc(-c2ccc(C(C)(C)C)cc2)n1C. The molecule has 0 saturated heterocycles. The van der Waals surface area contributed by atoms with E-state index < -0.39 is 17.6 Å². The molecule has 2 rings (SSSR count). The predicted molar refractivity (Wildman–Crippen MR) is 98.0 cm³/mol. The molecule has 1 aromatic carbocycles. The number of hydrogen-bond donors (Lipinski definition) is 1. The summed E-state index contributed by atoms with van der Waals surface area (Å²) in [5.41, 5.74) is 3.30. The maximum Gasteiger partial charge on any atom is 0.250 e. The van der Waals surface area contributed by atoms with Crippen LogP contribution in [0, 0.1) is 17.2 Å². The Bertz CT molecular complexity index is 833. The number of carbonyl (C=O) groups is 2. The summed E-state index contributed by atoms with van der Waals surface area (Å²) < 4.78 is 1.83. The molecule has 1 N–H and O–H groups in total. The van der Waals surface area contributed by atoms with Crippen LogP contribution in [0.3, 0.4) is 0 Å². The first-order valence-electron chi connectivity index (χ1n) is 8.12. The van der Waals surface area contributed by atoms with E-state index in [0.29, 0.717) is 5.82 Å². The zero-order chi connectivity index (χ0) is 18.8. The number of nitrogens with zero attached hydrogens (tertiary/aromatic N) is 2. The Balaban J connectivity index is 2.25. The van der Waals surface area contributed by atoms with Crippen molar-refractivity contribution in [2.24, 2.45) is 13.0 Å². The van der Waals surface area contributed by atoms with Crippen LogP contribution in [0.25, 0.3) is 11.3 Å². The molecule has 0 aliphatic carbocycles. The number of ketones is 1. The quantitative estimate of drug-likeness (QED) is 0.865. The topological polar surface area (TPSA) is 74.9 Å². The summed E-state index contributed by atoms with van der Waals surface area (Å²) in [6, 6.07) is 13.7. The lowest BCUT2D eigenvalue weighted by Crippen LogP contribution is -2.27. The summed E-state index contributed by atoms with van der Waals surface area (Å²) in [4.78, 5) is 23.4. The number of Topliss-reactive ketones (excluding diaryl/α,β-unsaturated/α-hetero) is 1. The van der Waals surface area contributed by atoms with Gasteiger partial charge in [-0.05, 0) is 35.6 Å². The van der Waals surface area contributed by atoms with Crippen LogP contribution in [0.15, 0.2) is 36.4 Å². The Morgan fingerprint density at radius 3 is 2.20 bits per heavy atom. The third kappa shape index (κ3) is 3.97. The van der Waals surface area contributed by atoms with Crippen LogP contribution in [-0.2, 0) is 22.1 Å². The van der Waals surface area contributed by atoms with E-state index in [2.05, 4.69) is 50.4 Å². The monoisotopic (exact) mass is 337 g/mol. The van der Waals surface area contributed by atoms with E-state index in [-0.39, 0.29) is 5.41 Å². The molecule has 2 aromatic rings. The Morgan fingerprint density at radius 2 is 1.72 bits per heavy atom. The molecule has 25 heavy (non-hydrogen) atoms. The lowest BCUT2D eigenvalue weighted by Gasteiger charge is -2.19. The Morgan fingerprint density at radius 1 is 1.12 bits per heavy atom. The van der Waals surface area contributed by atoms with Gasteiger partial charge in [-0.15, -0.1) is 0 Å². The maximum absolute atomic E-state index is 12.1. The predicted octanol–water partition coefficient (Wildman–Crippen LogP) is 3.66. The summed E-state index contributed by atoms with van der Waals surface area (Å²) in [6.45, 7) is 7.73. The lowest BCUT2D eigenvalue weighted by atomic mass is 9.86. The molecule has 0 fully saturated rings. The second-order valence-electron chi connectivity index (χ2n) is 7.15. The van der Waals surface area contributed by atoms with Gasteiger partial charge in [0.05, 0.1) is 6.07 Å². The van der Waals surface area contributed by atoms with Crippen molar-refractivity contribution in [1.29, 1.82) is 5.26 Å². The van der Waals surface area contributed by atoms with Crippen LogP contribution in [0.5, 0.6) is 0 Å². The third-order valence-electron chi connectivity index (χ3n) is 4.22. The molecule has 1 heterocycles. The number of nitrogens with one attached hydrogen (secondary N) is 1. The number of hydrogen-bond acceptors (Lipinski definition) is 3. The lowest BCUT2D eigenvalue weighted by molar-refractivity contribution is -0.127. The van der Waals surface area contributed by atoms with Gasteiger partial charge in [0.25, 0.3) is 0 Å². The number of amides is 1. The number of nitriles is 1. The molecule has 0 radical (unpaired) electrons. The Labute approximate surface area is 148 Å². The summed E-state index contributed by atoms with van der Waals surface area (Å²) >= 11 is 0. The van der Waals surface area contributed by atoms with Crippen LogP contribution < -0.4 is 5.32 Å². The van der Waals surface area contributed by atoms with E-state index in [1.807, 2.05) is 17.7 Å². The minimum Gasteiger partial charge on any atom is -0.330 e. The zero-order valence-electron chi connectivity index (χ0n) is 15.3. The van der Waals surface area contributed by atoms with Gasteiger partial charge in [0.15, 0.2) is 11.7 Å². The van der Waals surface area contributed by atoms with E-state index >= 15 is 0 Å². The summed E-state index contributed by atoms with van der Waals surface area (Å²) in [7, 11) is 1.83. The van der Waals surface area contributed by atoms with Crippen molar-refractivity contribution < 1.29 is 9.59 Å². The largest absolute Gasteiger partial charge is 0.330 e. The van der Waals surface area contributed by atoms with Gasteiger partial charge >= 0.3 is 0 Å². The minimum atomic E-state index is -1.29. The standard InChI is InChI=1S/C20H23N3O2/c1-13(24)16(12-21)19(25)22-18-11-10-17(23(18)5)14-6-8-15(9-7-14)20(2,3)4/h6-11,16H,1-5H3,(H,22,25). The van der Waals surface area contributed by atoms with Crippen molar-refractivity contribution in [1.82, 2.24) is 4.57 Å². The van der Waals surface area contributed by atoms with Crippen LogP contribution in [-0.4, -0.2) is 16.3 Å². The van der Waals surface area contributed by atoms with Crippen LogP contribution in [0.1, 0.15) is 33.3 Å². The Hall–Kier alpha value is -2.87. The van der Waals surface area contributed by atoms with Gasteiger partial charge in [0.2, 0.25) is 5.91 Å². The second kappa shape index (κ2) is 6.94. The first-order chi connectivity index (χ1) is 11.6. The molecular formula is C20H23N3O2. The number of rotatable bonds is 4. The maximum atomic E-state index is 12.1. The van der Waals surface area contributed by atoms with E-state index in [1.165, 1.54) is 12.5 Å². The number of anilines is 1. The van der Waals surface area contributed by atoms with Crippen molar-refractivity contribution >= 4 is 17.5 Å². The van der Waals surface area contributed by atoms with Gasteiger partial charge in [0.1, 0.15) is 5.82 Å². The zero-order valence-corrected chi connectivity index (χ0v) is 15.3. The molecule has 0 aliphatic rings. The molecule has 5 nitrogen and oxygen atoms in total. The van der Waals surface area contributed by atoms with Crippen molar-refractivity contribution in [3.8, 4) is 17.3 Å². The molecule has 130 valence electrons. The van der Waals surface area contributed by atoms with Crippen molar-refractivity contribution in [3.63, 3.8) is 0 Å². The fraction of sp³-hybridized carbons (Fsp3) is 0.350. The molecule has 5 heteroatoms. The number of aromatic nitrogens is 1. The van der Waals surface area contributed by atoms with Crippen molar-refractivity contribution in [2.45, 2.75) is 33.1 Å². The van der Waals surface area contributed by atoms with Gasteiger partial charge in [-0.1, -0.05) is 45.0 Å². The van der Waals surface area contributed by atoms with E-state index in [1.54, 1.807) is 12.1 Å². The molecule has 0 bridgehead atoms. The molecule has 1 aromatic heterocycles. The van der Waals surface area contributed by atoms with E-state index in [9.17, 15) is 9.59 Å².